The Morgan fingerprint density at radius 3 is 2.64 bits per heavy atom. The average molecular weight is 153 g/mol. The topological polar surface area (TPSA) is 3.24 Å². The first kappa shape index (κ1) is 8.79. The van der Waals surface area contributed by atoms with Crippen molar-refractivity contribution in [1.82, 2.24) is 4.90 Å². The molecule has 0 radical (unpaired) electrons. The molecule has 64 valence electrons. The highest BCUT2D eigenvalue weighted by Gasteiger charge is 2.17. The molecule has 1 heteroatoms. The van der Waals surface area contributed by atoms with Crippen LogP contribution >= 0.6 is 0 Å². The van der Waals surface area contributed by atoms with Gasteiger partial charge in [0.2, 0.25) is 0 Å². The van der Waals surface area contributed by atoms with Gasteiger partial charge in [-0.15, -0.1) is 0 Å². The molecule has 1 rings (SSSR count). The van der Waals surface area contributed by atoms with Gasteiger partial charge in [0.15, 0.2) is 0 Å². The van der Waals surface area contributed by atoms with Gasteiger partial charge in [0.25, 0.3) is 0 Å². The maximum atomic E-state index is 2.43. The van der Waals surface area contributed by atoms with Crippen molar-refractivity contribution in [3.8, 4) is 0 Å². The second-order valence-corrected chi connectivity index (χ2v) is 3.82. The predicted octanol–water partition coefficient (Wildman–Crippen LogP) is 2.29. The van der Waals surface area contributed by atoms with Crippen LogP contribution < -0.4 is 0 Å². The summed E-state index contributed by atoms with van der Waals surface area (Å²) >= 11 is 0. The fourth-order valence-corrected chi connectivity index (χ4v) is 1.53. The van der Waals surface area contributed by atoms with Gasteiger partial charge in [-0.25, -0.2) is 0 Å². The summed E-state index contributed by atoms with van der Waals surface area (Å²) in [5.74, 6) is 0.698. The first-order chi connectivity index (χ1) is 5.20. The summed E-state index contributed by atoms with van der Waals surface area (Å²) in [5.41, 5.74) is 0. The van der Waals surface area contributed by atoms with Gasteiger partial charge >= 0.3 is 0 Å². The molecule has 1 saturated heterocycles. The highest BCUT2D eigenvalue weighted by atomic mass is 15.1. The van der Waals surface area contributed by atoms with Crippen LogP contribution in [0, 0.1) is 5.92 Å². The Hall–Kier alpha value is -0.300. The highest BCUT2D eigenvalue weighted by molar-refractivity contribution is 4.97. The molecule has 11 heavy (non-hydrogen) atoms. The molecule has 1 aliphatic heterocycles. The van der Waals surface area contributed by atoms with E-state index in [1.165, 1.54) is 19.4 Å². The van der Waals surface area contributed by atoms with Crippen LogP contribution in [0.4, 0.5) is 0 Å². The summed E-state index contributed by atoms with van der Waals surface area (Å²) in [6.07, 6.45) is 7.38. The number of allylic oxidation sites excluding steroid dienone is 1. The molecule has 0 N–H and O–H groups in total. The molecule has 0 aromatic carbocycles. The van der Waals surface area contributed by atoms with E-state index >= 15 is 0 Å². The van der Waals surface area contributed by atoms with Crippen molar-refractivity contribution in [3.63, 3.8) is 0 Å². The Morgan fingerprint density at radius 2 is 2.18 bits per heavy atom. The molecule has 1 unspecified atom stereocenters. The SMILES string of the molecule is CC(C)/C=C/C1CCCN1C. The maximum Gasteiger partial charge on any atom is 0.0275 e. The fourth-order valence-electron chi connectivity index (χ4n) is 1.53. The summed E-state index contributed by atoms with van der Waals surface area (Å²) in [6.45, 7) is 5.73. The molecule has 1 heterocycles. The predicted molar refractivity (Wildman–Crippen MR) is 49.6 cm³/mol. The molecule has 1 nitrogen and oxygen atoms in total. The molecular weight excluding hydrogens is 134 g/mol. The van der Waals surface area contributed by atoms with E-state index in [0.29, 0.717) is 5.92 Å². The zero-order valence-corrected chi connectivity index (χ0v) is 7.88. The van der Waals surface area contributed by atoms with Gasteiger partial charge in [-0.1, -0.05) is 26.0 Å². The van der Waals surface area contributed by atoms with Crippen molar-refractivity contribution < 1.29 is 0 Å². The molecule has 0 aliphatic carbocycles. The third-order valence-corrected chi connectivity index (χ3v) is 2.30. The number of nitrogens with zero attached hydrogens (tertiary/aromatic N) is 1. The van der Waals surface area contributed by atoms with Crippen LogP contribution in [0.3, 0.4) is 0 Å². The van der Waals surface area contributed by atoms with Gasteiger partial charge in [-0.3, -0.25) is 4.90 Å². The molecule has 1 aliphatic rings. The molecule has 0 spiro atoms. The Balaban J connectivity index is 2.36. The number of hydrogen-bond donors (Lipinski definition) is 0. The second kappa shape index (κ2) is 3.91. The first-order valence-corrected chi connectivity index (χ1v) is 4.58. The lowest BCUT2D eigenvalue weighted by atomic mass is 10.1. The Labute approximate surface area is 70.1 Å². The minimum absolute atomic E-state index is 0.698. The van der Waals surface area contributed by atoms with Crippen molar-refractivity contribution >= 4 is 0 Å². The molecule has 0 aromatic heterocycles. The third-order valence-electron chi connectivity index (χ3n) is 2.30. The molecule has 0 bridgehead atoms. The zero-order valence-electron chi connectivity index (χ0n) is 7.88. The number of hydrogen-bond acceptors (Lipinski definition) is 1. The monoisotopic (exact) mass is 153 g/mol. The lowest BCUT2D eigenvalue weighted by Crippen LogP contribution is -2.22. The van der Waals surface area contributed by atoms with Gasteiger partial charge < -0.3 is 0 Å². The molecule has 1 atom stereocenters. The summed E-state index contributed by atoms with van der Waals surface area (Å²) in [4.78, 5) is 2.43. The zero-order chi connectivity index (χ0) is 8.27. The Bertz CT molecular complexity index is 138. The van der Waals surface area contributed by atoms with Crippen LogP contribution in [0.1, 0.15) is 26.7 Å². The van der Waals surface area contributed by atoms with E-state index in [1.54, 1.807) is 0 Å². The quantitative estimate of drug-likeness (QED) is 0.550. The molecule has 0 aromatic rings. The van der Waals surface area contributed by atoms with Crippen LogP contribution in [0.25, 0.3) is 0 Å². The van der Waals surface area contributed by atoms with E-state index in [-0.39, 0.29) is 0 Å². The lowest BCUT2D eigenvalue weighted by Gasteiger charge is -2.15. The van der Waals surface area contributed by atoms with Gasteiger partial charge in [0, 0.05) is 6.04 Å². The minimum atomic E-state index is 0.698. The number of likely N-dealkylation sites (N-methyl/N-ethyl adjacent to an activating group) is 1. The van der Waals surface area contributed by atoms with Crippen molar-refractivity contribution in [2.45, 2.75) is 32.7 Å². The fraction of sp³-hybridized carbons (Fsp3) is 0.800. The number of rotatable bonds is 2. The maximum absolute atomic E-state index is 2.43. The molecule has 1 fully saturated rings. The van der Waals surface area contributed by atoms with E-state index in [9.17, 15) is 0 Å². The van der Waals surface area contributed by atoms with E-state index in [2.05, 4.69) is 37.9 Å². The van der Waals surface area contributed by atoms with E-state index in [4.69, 9.17) is 0 Å². The Morgan fingerprint density at radius 1 is 1.45 bits per heavy atom. The highest BCUT2D eigenvalue weighted by Crippen LogP contribution is 2.16. The second-order valence-electron chi connectivity index (χ2n) is 3.82. The summed E-state index contributed by atoms with van der Waals surface area (Å²) < 4.78 is 0. The van der Waals surface area contributed by atoms with Crippen molar-refractivity contribution in [1.29, 1.82) is 0 Å². The van der Waals surface area contributed by atoms with Gasteiger partial charge in [-0.2, -0.15) is 0 Å². The van der Waals surface area contributed by atoms with E-state index in [1.807, 2.05) is 0 Å². The van der Waals surface area contributed by atoms with Crippen LogP contribution in [0.2, 0.25) is 0 Å². The minimum Gasteiger partial charge on any atom is -0.300 e. The summed E-state index contributed by atoms with van der Waals surface area (Å²) in [5, 5.41) is 0. The summed E-state index contributed by atoms with van der Waals surface area (Å²) in [6, 6.07) is 0.720. The Kier molecular flexibility index (Phi) is 3.13. The third kappa shape index (κ3) is 2.66. The van der Waals surface area contributed by atoms with Crippen molar-refractivity contribution in [3.05, 3.63) is 12.2 Å². The molecular formula is C10H19N. The molecule has 0 amide bonds. The first-order valence-electron chi connectivity index (χ1n) is 4.58. The van der Waals surface area contributed by atoms with E-state index in [0.717, 1.165) is 6.04 Å². The van der Waals surface area contributed by atoms with Gasteiger partial charge in [0.05, 0.1) is 0 Å². The lowest BCUT2D eigenvalue weighted by molar-refractivity contribution is 0.356. The summed E-state index contributed by atoms with van der Waals surface area (Å²) in [7, 11) is 2.21. The van der Waals surface area contributed by atoms with Crippen LogP contribution in [-0.2, 0) is 0 Å². The number of likely N-dealkylation sites (tertiary alicyclic amines) is 1. The normalized spacial score (nSPS) is 27.5. The smallest absolute Gasteiger partial charge is 0.0275 e. The molecule has 0 saturated carbocycles. The van der Waals surface area contributed by atoms with Gasteiger partial charge in [-0.05, 0) is 32.4 Å². The van der Waals surface area contributed by atoms with Crippen molar-refractivity contribution in [2.75, 3.05) is 13.6 Å². The largest absolute Gasteiger partial charge is 0.300 e. The van der Waals surface area contributed by atoms with Crippen LogP contribution in [0.15, 0.2) is 12.2 Å². The van der Waals surface area contributed by atoms with Crippen LogP contribution in [0.5, 0.6) is 0 Å². The average Bonchev–Trinajstić information content (AvgIpc) is 2.31. The standard InChI is InChI=1S/C10H19N/c1-9(2)6-7-10-5-4-8-11(10)3/h6-7,9-10H,4-5,8H2,1-3H3/b7-6+. The van der Waals surface area contributed by atoms with E-state index < -0.39 is 0 Å². The van der Waals surface area contributed by atoms with Crippen LogP contribution in [-0.4, -0.2) is 24.5 Å². The van der Waals surface area contributed by atoms with Gasteiger partial charge in [0.1, 0.15) is 0 Å². The van der Waals surface area contributed by atoms with Crippen molar-refractivity contribution in [2.24, 2.45) is 5.92 Å².